The lowest BCUT2D eigenvalue weighted by Gasteiger charge is -2.27. The number of rotatable bonds is 16. The molecule has 0 fully saturated rings. The number of nitrogens with two attached hydrogens (primary N) is 1. The van der Waals surface area contributed by atoms with Gasteiger partial charge in [-0.3, -0.25) is 0 Å². The number of allylic oxidation sites excluding steroid dienone is 17. The zero-order chi connectivity index (χ0) is 30.1. The minimum Gasteiger partial charge on any atom is -0.321 e. The molecule has 0 radical (unpaired) electrons. The molecule has 0 bridgehead atoms. The van der Waals surface area contributed by atoms with Crippen LogP contribution in [0.25, 0.3) is 0 Å². The zero-order valence-corrected chi connectivity index (χ0v) is 26.6. The fraction of sp³-hybridized carbons (Fsp3) is 0.436. The van der Waals surface area contributed by atoms with E-state index in [0.717, 1.165) is 37.7 Å². The smallest absolute Gasteiger partial charge is 0.0416 e. The Morgan fingerprint density at radius 3 is 2.45 bits per heavy atom. The summed E-state index contributed by atoms with van der Waals surface area (Å²) in [5, 5.41) is 0. The molecule has 0 aromatic heterocycles. The lowest BCUT2D eigenvalue weighted by atomic mass is 9.77. The van der Waals surface area contributed by atoms with Crippen molar-refractivity contribution in [2.24, 2.45) is 29.4 Å². The van der Waals surface area contributed by atoms with Crippen LogP contribution in [0.15, 0.2) is 132 Å². The second kappa shape index (κ2) is 19.2. The second-order valence-corrected chi connectivity index (χ2v) is 11.7. The van der Waals surface area contributed by atoms with Crippen molar-refractivity contribution in [2.75, 3.05) is 0 Å². The van der Waals surface area contributed by atoms with Crippen LogP contribution in [0.4, 0.5) is 0 Å². The maximum absolute atomic E-state index is 6.12. The predicted molar refractivity (Wildman–Crippen MR) is 182 cm³/mol. The molecule has 0 amide bonds. The largest absolute Gasteiger partial charge is 0.321 e. The highest BCUT2D eigenvalue weighted by atomic mass is 14.6. The molecular weight excluding hydrogens is 482 g/mol. The van der Waals surface area contributed by atoms with Gasteiger partial charge in [0.2, 0.25) is 0 Å². The average molecular weight is 540 g/mol. The fourth-order valence-electron chi connectivity index (χ4n) is 5.06. The minimum atomic E-state index is 0.00893. The van der Waals surface area contributed by atoms with Gasteiger partial charge >= 0.3 is 0 Å². The molecule has 0 heterocycles. The molecule has 5 atom stereocenters. The molecule has 0 aromatic rings. The van der Waals surface area contributed by atoms with Crippen LogP contribution in [0.3, 0.4) is 0 Å². The van der Waals surface area contributed by atoms with Crippen molar-refractivity contribution in [1.29, 1.82) is 0 Å². The molecule has 1 rings (SSSR count). The van der Waals surface area contributed by atoms with Crippen LogP contribution in [0.2, 0.25) is 0 Å². The van der Waals surface area contributed by atoms with Gasteiger partial charge in [-0.1, -0.05) is 122 Å². The summed E-state index contributed by atoms with van der Waals surface area (Å²) in [7, 11) is 0. The first kappa shape index (κ1) is 35.1. The van der Waals surface area contributed by atoms with Crippen LogP contribution >= 0.6 is 0 Å². The van der Waals surface area contributed by atoms with Gasteiger partial charge in [0.1, 0.15) is 0 Å². The van der Waals surface area contributed by atoms with E-state index in [-0.39, 0.29) is 12.0 Å². The summed E-state index contributed by atoms with van der Waals surface area (Å²) in [5.41, 5.74) is 14.0. The topological polar surface area (TPSA) is 26.0 Å². The quantitative estimate of drug-likeness (QED) is 0.118. The molecule has 0 spiro atoms. The first-order valence-corrected chi connectivity index (χ1v) is 15.1. The summed E-state index contributed by atoms with van der Waals surface area (Å²) in [4.78, 5) is 0. The number of unbranched alkanes of at least 4 members (excludes halogenated alkanes) is 1. The molecular formula is C39H57N. The third-order valence-corrected chi connectivity index (χ3v) is 7.95. The highest BCUT2D eigenvalue weighted by Crippen LogP contribution is 2.34. The fourth-order valence-corrected chi connectivity index (χ4v) is 5.06. The van der Waals surface area contributed by atoms with E-state index < -0.39 is 0 Å². The Balaban J connectivity index is 3.09. The highest BCUT2D eigenvalue weighted by molar-refractivity contribution is 5.36. The molecule has 0 aliphatic heterocycles. The van der Waals surface area contributed by atoms with Crippen molar-refractivity contribution in [2.45, 2.75) is 86.6 Å². The molecule has 0 saturated heterocycles. The van der Waals surface area contributed by atoms with Crippen molar-refractivity contribution in [3.05, 3.63) is 132 Å². The Hall–Kier alpha value is -2.90. The lowest BCUT2D eigenvalue weighted by molar-refractivity contribution is 0.470. The summed E-state index contributed by atoms with van der Waals surface area (Å²) in [6.07, 6.45) is 33.8. The van der Waals surface area contributed by atoms with Crippen LogP contribution < -0.4 is 5.73 Å². The summed E-state index contributed by atoms with van der Waals surface area (Å²) < 4.78 is 0. The van der Waals surface area contributed by atoms with Crippen molar-refractivity contribution in [1.82, 2.24) is 0 Å². The standard InChI is InChI=1S/C39H57N/c1-11-13-15-21-35(12-2)39(38(30(5)6)26-25-29(3)4)28-32(8)34(10)31(7)20-16-14-17-22-36-23-18-19-24-37(40)27-33(36)9/h11-12,14,16-17,19-20,23-28,31,34-35,37,39H,1-3,13,15,18,21-22,40H2,4-10H3/b17-14-,20-16-,24-19-,26-25-,32-28+,33-27-,36-23-/t31-,34-,35?,37?,39+/m0/s1. The summed E-state index contributed by atoms with van der Waals surface area (Å²) in [6, 6.07) is 0.00893. The van der Waals surface area contributed by atoms with Crippen LogP contribution in [0.1, 0.15) is 80.6 Å². The van der Waals surface area contributed by atoms with Gasteiger partial charge in [0.25, 0.3) is 0 Å². The lowest BCUT2D eigenvalue weighted by Crippen LogP contribution is -2.16. The normalized spacial score (nSPS) is 22.9. The van der Waals surface area contributed by atoms with E-state index in [1.807, 2.05) is 13.0 Å². The van der Waals surface area contributed by atoms with Gasteiger partial charge in [-0.25, -0.2) is 0 Å². The Morgan fingerprint density at radius 1 is 1.10 bits per heavy atom. The predicted octanol–water partition coefficient (Wildman–Crippen LogP) is 11.1. The van der Waals surface area contributed by atoms with Gasteiger partial charge in [0, 0.05) is 12.0 Å². The molecule has 1 aliphatic rings. The highest BCUT2D eigenvalue weighted by Gasteiger charge is 2.22. The van der Waals surface area contributed by atoms with Crippen LogP contribution in [0, 0.1) is 23.7 Å². The molecule has 1 aliphatic carbocycles. The molecule has 218 valence electrons. The molecule has 1 nitrogen and oxygen atoms in total. The van der Waals surface area contributed by atoms with Crippen LogP contribution in [-0.2, 0) is 0 Å². The summed E-state index contributed by atoms with van der Waals surface area (Å²) in [5.74, 6) is 1.52. The molecule has 40 heavy (non-hydrogen) atoms. The van der Waals surface area contributed by atoms with E-state index >= 15 is 0 Å². The first-order valence-electron chi connectivity index (χ1n) is 15.1. The van der Waals surface area contributed by atoms with Gasteiger partial charge in [-0.05, 0) is 95.6 Å². The zero-order valence-electron chi connectivity index (χ0n) is 26.6. The molecule has 1 heteroatoms. The Morgan fingerprint density at radius 2 is 1.82 bits per heavy atom. The third kappa shape index (κ3) is 13.0. The third-order valence-electron chi connectivity index (χ3n) is 7.95. The summed E-state index contributed by atoms with van der Waals surface area (Å²) in [6.45, 7) is 27.8. The van der Waals surface area contributed by atoms with Gasteiger partial charge in [-0.2, -0.15) is 0 Å². The molecule has 0 aromatic carbocycles. The Bertz CT molecular complexity index is 1070. The van der Waals surface area contributed by atoms with Gasteiger partial charge in [0.15, 0.2) is 0 Å². The maximum Gasteiger partial charge on any atom is 0.0416 e. The molecule has 0 saturated carbocycles. The van der Waals surface area contributed by atoms with Gasteiger partial charge in [-0.15, -0.1) is 13.2 Å². The average Bonchev–Trinajstić information content (AvgIpc) is 2.89. The summed E-state index contributed by atoms with van der Waals surface area (Å²) >= 11 is 0. The van der Waals surface area contributed by atoms with E-state index in [9.17, 15) is 0 Å². The maximum atomic E-state index is 6.12. The number of hydrogen-bond acceptors (Lipinski definition) is 1. The van der Waals surface area contributed by atoms with Crippen molar-refractivity contribution in [3.63, 3.8) is 0 Å². The van der Waals surface area contributed by atoms with E-state index in [2.05, 4.69) is 134 Å². The van der Waals surface area contributed by atoms with Crippen molar-refractivity contribution >= 4 is 0 Å². The Kier molecular flexibility index (Phi) is 16.9. The van der Waals surface area contributed by atoms with Gasteiger partial charge < -0.3 is 5.73 Å². The second-order valence-electron chi connectivity index (χ2n) is 11.7. The number of hydrogen-bond donors (Lipinski definition) is 1. The molecule has 2 unspecified atom stereocenters. The van der Waals surface area contributed by atoms with Crippen LogP contribution in [0.5, 0.6) is 0 Å². The molecule has 2 N–H and O–H groups in total. The van der Waals surface area contributed by atoms with Crippen molar-refractivity contribution < 1.29 is 0 Å². The minimum absolute atomic E-state index is 0.00893. The first-order chi connectivity index (χ1) is 19.0. The monoisotopic (exact) mass is 539 g/mol. The SMILES string of the molecule is C=CCCCC(C=C)[C@@H](/C=C(\C)[C@@H](C)[C@@H](C)/C=C\C=C/CC1=C/C/C=C\C(N)/C=C\1C)C(/C=C\C(=C)C)=C(C)C. The van der Waals surface area contributed by atoms with Crippen LogP contribution in [-0.4, -0.2) is 6.04 Å². The van der Waals surface area contributed by atoms with E-state index in [1.165, 1.54) is 27.9 Å². The van der Waals surface area contributed by atoms with E-state index in [0.29, 0.717) is 17.8 Å². The van der Waals surface area contributed by atoms with Crippen molar-refractivity contribution in [3.8, 4) is 0 Å². The van der Waals surface area contributed by atoms with Gasteiger partial charge in [0.05, 0.1) is 0 Å². The Labute approximate surface area is 247 Å². The van der Waals surface area contributed by atoms with E-state index in [4.69, 9.17) is 5.73 Å². The van der Waals surface area contributed by atoms with E-state index in [1.54, 1.807) is 0 Å².